The molecule has 2 aromatic carbocycles. The summed E-state index contributed by atoms with van der Waals surface area (Å²) in [5.41, 5.74) is 4.80. The highest BCUT2D eigenvalue weighted by Crippen LogP contribution is 2.24. The molecule has 0 aromatic heterocycles. The van der Waals surface area contributed by atoms with Crippen molar-refractivity contribution >= 4 is 28.9 Å². The van der Waals surface area contributed by atoms with Crippen LogP contribution in [0.5, 0.6) is 0 Å². The Morgan fingerprint density at radius 3 is 2.39 bits per heavy atom. The van der Waals surface area contributed by atoms with Crippen LogP contribution in [0.4, 0.5) is 5.69 Å². The fraction of sp³-hybridized carbons (Fsp3) is 0.125. The van der Waals surface area contributed by atoms with Crippen molar-refractivity contribution in [3.8, 4) is 0 Å². The first-order valence-corrected chi connectivity index (χ1v) is 7.12. The SMILES string of the molecule is C/C(=N\NC(=O)c1ccc(Cl)c([N+](=O)[O-])c1)c1ccc(C)cc1. The van der Waals surface area contributed by atoms with E-state index in [0.29, 0.717) is 5.71 Å². The van der Waals surface area contributed by atoms with Crippen molar-refractivity contribution in [1.82, 2.24) is 5.43 Å². The van der Waals surface area contributed by atoms with Crippen LogP contribution in [0.25, 0.3) is 0 Å². The molecule has 1 amide bonds. The normalized spacial score (nSPS) is 11.2. The molecule has 2 aromatic rings. The molecule has 6 nitrogen and oxygen atoms in total. The van der Waals surface area contributed by atoms with Gasteiger partial charge in [0.25, 0.3) is 11.6 Å². The number of nitrogens with one attached hydrogen (secondary N) is 1. The quantitative estimate of drug-likeness (QED) is 0.526. The first-order valence-electron chi connectivity index (χ1n) is 6.74. The van der Waals surface area contributed by atoms with E-state index in [-0.39, 0.29) is 16.3 Å². The molecule has 118 valence electrons. The van der Waals surface area contributed by atoms with Crippen molar-refractivity contribution in [2.45, 2.75) is 13.8 Å². The molecule has 0 saturated heterocycles. The van der Waals surface area contributed by atoms with Gasteiger partial charge in [-0.1, -0.05) is 41.4 Å². The number of hydrogen-bond donors (Lipinski definition) is 1. The van der Waals surface area contributed by atoms with Gasteiger partial charge in [0.15, 0.2) is 0 Å². The average molecular weight is 332 g/mol. The molecule has 7 heteroatoms. The van der Waals surface area contributed by atoms with Crippen LogP contribution < -0.4 is 5.43 Å². The Morgan fingerprint density at radius 2 is 1.78 bits per heavy atom. The molecule has 0 aliphatic rings. The second-order valence-corrected chi connectivity index (χ2v) is 5.33. The Balaban J connectivity index is 2.16. The van der Waals surface area contributed by atoms with E-state index < -0.39 is 10.8 Å². The number of benzene rings is 2. The number of hydrazone groups is 1. The number of nitrogens with zero attached hydrogens (tertiary/aromatic N) is 2. The molecule has 0 unspecified atom stereocenters. The van der Waals surface area contributed by atoms with Gasteiger partial charge in [-0.2, -0.15) is 5.10 Å². The summed E-state index contributed by atoms with van der Waals surface area (Å²) in [4.78, 5) is 22.2. The van der Waals surface area contributed by atoms with E-state index >= 15 is 0 Å². The van der Waals surface area contributed by atoms with Gasteiger partial charge in [-0.25, -0.2) is 5.43 Å². The summed E-state index contributed by atoms with van der Waals surface area (Å²) in [7, 11) is 0. The second kappa shape index (κ2) is 7.02. The van der Waals surface area contributed by atoms with Gasteiger partial charge in [0.05, 0.1) is 10.6 Å². The lowest BCUT2D eigenvalue weighted by Gasteiger charge is -2.04. The molecule has 23 heavy (non-hydrogen) atoms. The molecular weight excluding hydrogens is 318 g/mol. The molecule has 0 atom stereocenters. The van der Waals surface area contributed by atoms with E-state index in [1.165, 1.54) is 12.1 Å². The fourth-order valence-corrected chi connectivity index (χ4v) is 2.04. The van der Waals surface area contributed by atoms with Crippen molar-refractivity contribution < 1.29 is 9.72 Å². The molecule has 0 aliphatic heterocycles. The van der Waals surface area contributed by atoms with Crippen molar-refractivity contribution in [3.05, 3.63) is 74.3 Å². The zero-order valence-electron chi connectivity index (χ0n) is 12.5. The van der Waals surface area contributed by atoms with Gasteiger partial charge in [-0.05, 0) is 31.5 Å². The highest BCUT2D eigenvalue weighted by Gasteiger charge is 2.16. The summed E-state index contributed by atoms with van der Waals surface area (Å²) in [5.74, 6) is -0.545. The minimum atomic E-state index is -0.639. The van der Waals surface area contributed by atoms with Crippen LogP contribution in [0.15, 0.2) is 47.6 Å². The van der Waals surface area contributed by atoms with Crippen LogP contribution >= 0.6 is 11.6 Å². The third kappa shape index (κ3) is 4.14. The van der Waals surface area contributed by atoms with Gasteiger partial charge in [0.1, 0.15) is 5.02 Å². The van der Waals surface area contributed by atoms with Gasteiger partial charge in [0, 0.05) is 11.6 Å². The number of rotatable bonds is 4. The standard InChI is InChI=1S/C16H14ClN3O3/c1-10-3-5-12(6-4-10)11(2)18-19-16(21)13-7-8-14(17)15(9-13)20(22)23/h3-9H,1-2H3,(H,19,21)/b18-11+. The minimum absolute atomic E-state index is 0.0223. The number of hydrogen-bond acceptors (Lipinski definition) is 4. The molecule has 0 radical (unpaired) electrons. The zero-order valence-corrected chi connectivity index (χ0v) is 13.3. The molecular formula is C16H14ClN3O3. The summed E-state index contributed by atoms with van der Waals surface area (Å²) >= 11 is 5.72. The number of carbonyl (C=O) groups excluding carboxylic acids is 1. The van der Waals surface area contributed by atoms with Crippen molar-refractivity contribution in [3.63, 3.8) is 0 Å². The van der Waals surface area contributed by atoms with E-state index in [1.807, 2.05) is 31.2 Å². The third-order valence-corrected chi connectivity index (χ3v) is 3.52. The van der Waals surface area contributed by atoms with Crippen LogP contribution in [0.1, 0.15) is 28.4 Å². The zero-order chi connectivity index (χ0) is 17.0. The monoisotopic (exact) mass is 331 g/mol. The summed E-state index contributed by atoms with van der Waals surface area (Å²) in [6.45, 7) is 3.74. The van der Waals surface area contributed by atoms with Gasteiger partial charge >= 0.3 is 0 Å². The summed E-state index contributed by atoms with van der Waals surface area (Å²) in [6.07, 6.45) is 0. The highest BCUT2D eigenvalue weighted by molar-refractivity contribution is 6.32. The summed E-state index contributed by atoms with van der Waals surface area (Å²) < 4.78 is 0. The van der Waals surface area contributed by atoms with Crippen LogP contribution in [0.3, 0.4) is 0 Å². The smallest absolute Gasteiger partial charge is 0.267 e. The van der Waals surface area contributed by atoms with E-state index in [1.54, 1.807) is 6.92 Å². The molecule has 2 rings (SSSR count). The van der Waals surface area contributed by atoms with Gasteiger partial charge in [-0.15, -0.1) is 0 Å². The fourth-order valence-electron chi connectivity index (χ4n) is 1.85. The maximum absolute atomic E-state index is 12.0. The number of nitro groups is 1. The van der Waals surface area contributed by atoms with Crippen LogP contribution in [-0.4, -0.2) is 16.5 Å². The molecule has 0 fully saturated rings. The Hall–Kier alpha value is -2.73. The van der Waals surface area contributed by atoms with Gasteiger partial charge in [0.2, 0.25) is 0 Å². The Morgan fingerprint density at radius 1 is 1.17 bits per heavy atom. The summed E-state index contributed by atoms with van der Waals surface area (Å²) in [5, 5.41) is 14.8. The number of carbonyl (C=O) groups is 1. The van der Waals surface area contributed by atoms with Crippen LogP contribution in [0.2, 0.25) is 5.02 Å². The van der Waals surface area contributed by atoms with Gasteiger partial charge < -0.3 is 0 Å². The van der Waals surface area contributed by atoms with E-state index in [0.717, 1.165) is 17.2 Å². The maximum atomic E-state index is 12.0. The molecule has 0 heterocycles. The van der Waals surface area contributed by atoms with E-state index in [4.69, 9.17) is 11.6 Å². The van der Waals surface area contributed by atoms with E-state index in [9.17, 15) is 14.9 Å². The van der Waals surface area contributed by atoms with Gasteiger partial charge in [-0.3, -0.25) is 14.9 Å². The highest BCUT2D eigenvalue weighted by atomic mass is 35.5. The van der Waals surface area contributed by atoms with Crippen molar-refractivity contribution in [2.75, 3.05) is 0 Å². The molecule has 0 bridgehead atoms. The number of nitro benzene ring substituents is 1. The second-order valence-electron chi connectivity index (χ2n) is 4.93. The van der Waals surface area contributed by atoms with Crippen LogP contribution in [0, 0.1) is 17.0 Å². The summed E-state index contributed by atoms with van der Waals surface area (Å²) in [6, 6.07) is 11.5. The lowest BCUT2D eigenvalue weighted by molar-refractivity contribution is -0.384. The third-order valence-electron chi connectivity index (χ3n) is 3.20. The first kappa shape index (κ1) is 16.6. The largest absolute Gasteiger partial charge is 0.288 e. The molecule has 0 saturated carbocycles. The number of amides is 1. The van der Waals surface area contributed by atoms with E-state index in [2.05, 4.69) is 10.5 Å². The minimum Gasteiger partial charge on any atom is -0.267 e. The lowest BCUT2D eigenvalue weighted by Crippen LogP contribution is -2.19. The molecule has 0 spiro atoms. The topological polar surface area (TPSA) is 84.6 Å². The molecule has 1 N–H and O–H groups in total. The van der Waals surface area contributed by atoms with Crippen molar-refractivity contribution in [2.24, 2.45) is 5.10 Å². The van der Waals surface area contributed by atoms with Crippen LogP contribution in [-0.2, 0) is 0 Å². The first-order chi connectivity index (χ1) is 10.9. The Bertz CT molecular complexity index is 786. The number of halogens is 1. The maximum Gasteiger partial charge on any atom is 0.288 e. The Kier molecular flexibility index (Phi) is 5.08. The molecule has 0 aliphatic carbocycles. The Labute approximate surface area is 137 Å². The van der Waals surface area contributed by atoms with Crippen molar-refractivity contribution in [1.29, 1.82) is 0 Å². The predicted octanol–water partition coefficient (Wildman–Crippen LogP) is 3.71. The predicted molar refractivity (Wildman–Crippen MR) is 89.0 cm³/mol. The number of aryl methyl sites for hydroxylation is 1. The lowest BCUT2D eigenvalue weighted by atomic mass is 10.1. The average Bonchev–Trinajstić information content (AvgIpc) is 2.53.